The maximum Gasteiger partial charge on any atom is 0.170 e. The monoisotopic (exact) mass is 250 g/mol. The lowest BCUT2D eigenvalue weighted by molar-refractivity contribution is 0.383. The molecule has 2 rings (SSSR count). The highest BCUT2D eigenvalue weighted by Gasteiger charge is 2.13. The molecule has 96 valence electrons. The summed E-state index contributed by atoms with van der Waals surface area (Å²) in [6.07, 6.45) is 0.699. The summed E-state index contributed by atoms with van der Waals surface area (Å²) in [4.78, 5) is 0. The first-order valence-electron chi connectivity index (χ1n) is 5.66. The highest BCUT2D eigenvalue weighted by Crippen LogP contribution is 2.21. The zero-order valence-electron chi connectivity index (χ0n) is 10.4. The van der Waals surface area contributed by atoms with E-state index in [1.165, 1.54) is 7.11 Å². The molecule has 5 nitrogen and oxygen atoms in total. The molecule has 0 spiro atoms. The first kappa shape index (κ1) is 12.3. The van der Waals surface area contributed by atoms with E-state index in [4.69, 9.17) is 10.5 Å². The molecule has 6 heteroatoms. The van der Waals surface area contributed by atoms with E-state index in [1.54, 1.807) is 22.9 Å². The van der Waals surface area contributed by atoms with E-state index in [1.807, 2.05) is 6.92 Å². The Morgan fingerprint density at radius 3 is 2.89 bits per heavy atom. The Labute approximate surface area is 104 Å². The first-order valence-corrected chi connectivity index (χ1v) is 5.66. The third-order valence-corrected chi connectivity index (χ3v) is 2.79. The van der Waals surface area contributed by atoms with Crippen molar-refractivity contribution < 1.29 is 9.13 Å². The molecule has 0 aliphatic carbocycles. The van der Waals surface area contributed by atoms with Gasteiger partial charge in [-0.25, -0.2) is 9.07 Å². The van der Waals surface area contributed by atoms with Gasteiger partial charge in [0.1, 0.15) is 0 Å². The van der Waals surface area contributed by atoms with Gasteiger partial charge in [0.2, 0.25) is 0 Å². The second-order valence-corrected chi connectivity index (χ2v) is 3.87. The molecule has 0 saturated carbocycles. The quantitative estimate of drug-likeness (QED) is 0.895. The second kappa shape index (κ2) is 5.03. The standard InChI is InChI=1S/C12H15FN4O/c1-3-9-12(14)15-16-17(9)7-8-5-4-6-10(18-2)11(8)13/h4-6H,3,7,14H2,1-2H3. The van der Waals surface area contributed by atoms with Crippen molar-refractivity contribution in [2.24, 2.45) is 0 Å². The third kappa shape index (κ3) is 2.13. The highest BCUT2D eigenvalue weighted by molar-refractivity contribution is 5.35. The van der Waals surface area contributed by atoms with Gasteiger partial charge >= 0.3 is 0 Å². The van der Waals surface area contributed by atoms with Crippen LogP contribution in [-0.2, 0) is 13.0 Å². The Kier molecular flexibility index (Phi) is 3.45. The number of nitrogen functional groups attached to an aromatic ring is 1. The molecule has 0 aliphatic rings. The molecule has 0 unspecified atom stereocenters. The van der Waals surface area contributed by atoms with Gasteiger partial charge in [-0.05, 0) is 12.5 Å². The van der Waals surface area contributed by atoms with E-state index in [2.05, 4.69) is 10.3 Å². The van der Waals surface area contributed by atoms with E-state index >= 15 is 0 Å². The van der Waals surface area contributed by atoms with Gasteiger partial charge in [-0.15, -0.1) is 5.10 Å². The van der Waals surface area contributed by atoms with Crippen LogP contribution in [0.25, 0.3) is 0 Å². The summed E-state index contributed by atoms with van der Waals surface area (Å²) in [6, 6.07) is 5.01. The molecule has 0 atom stereocenters. The minimum atomic E-state index is -0.379. The normalized spacial score (nSPS) is 10.6. The molecule has 0 fully saturated rings. The summed E-state index contributed by atoms with van der Waals surface area (Å²) in [7, 11) is 1.44. The van der Waals surface area contributed by atoms with Crippen LogP contribution >= 0.6 is 0 Å². The summed E-state index contributed by atoms with van der Waals surface area (Å²) in [5.74, 6) is 0.232. The fourth-order valence-electron chi connectivity index (χ4n) is 1.83. The first-order chi connectivity index (χ1) is 8.67. The van der Waals surface area contributed by atoms with Gasteiger partial charge in [0.05, 0.1) is 19.3 Å². The molecule has 1 aromatic carbocycles. The molecule has 1 heterocycles. The van der Waals surface area contributed by atoms with Gasteiger partial charge in [0.25, 0.3) is 0 Å². The van der Waals surface area contributed by atoms with Crippen LogP contribution in [0.15, 0.2) is 18.2 Å². The van der Waals surface area contributed by atoms with Gasteiger partial charge in [0.15, 0.2) is 17.4 Å². The zero-order valence-corrected chi connectivity index (χ0v) is 10.4. The van der Waals surface area contributed by atoms with Crippen molar-refractivity contribution in [3.63, 3.8) is 0 Å². The highest BCUT2D eigenvalue weighted by atomic mass is 19.1. The lowest BCUT2D eigenvalue weighted by Crippen LogP contribution is -2.08. The van der Waals surface area contributed by atoms with Crippen LogP contribution in [0.3, 0.4) is 0 Å². The van der Waals surface area contributed by atoms with Crippen molar-refractivity contribution in [1.29, 1.82) is 0 Å². The Bertz CT molecular complexity index is 553. The van der Waals surface area contributed by atoms with E-state index in [-0.39, 0.29) is 18.1 Å². The molecule has 2 N–H and O–H groups in total. The molecule has 0 radical (unpaired) electrons. The molecule has 1 aromatic heterocycles. The van der Waals surface area contributed by atoms with Gasteiger partial charge < -0.3 is 10.5 Å². The number of halogens is 1. The van der Waals surface area contributed by atoms with Crippen LogP contribution < -0.4 is 10.5 Å². The Morgan fingerprint density at radius 1 is 1.44 bits per heavy atom. The lowest BCUT2D eigenvalue weighted by atomic mass is 10.2. The smallest absolute Gasteiger partial charge is 0.170 e. The van der Waals surface area contributed by atoms with Gasteiger partial charge in [-0.1, -0.05) is 24.3 Å². The van der Waals surface area contributed by atoms with Crippen LogP contribution in [0.5, 0.6) is 5.75 Å². The maximum absolute atomic E-state index is 14.0. The second-order valence-electron chi connectivity index (χ2n) is 3.87. The van der Waals surface area contributed by atoms with E-state index in [0.29, 0.717) is 17.8 Å². The van der Waals surface area contributed by atoms with Crippen molar-refractivity contribution in [1.82, 2.24) is 15.0 Å². The van der Waals surface area contributed by atoms with Gasteiger partial charge in [0, 0.05) is 5.56 Å². The summed E-state index contributed by atoms with van der Waals surface area (Å²) in [5, 5.41) is 7.71. The molecule has 0 saturated heterocycles. The van der Waals surface area contributed by atoms with Crippen molar-refractivity contribution in [2.75, 3.05) is 12.8 Å². The van der Waals surface area contributed by atoms with Crippen LogP contribution in [0.2, 0.25) is 0 Å². The minimum Gasteiger partial charge on any atom is -0.494 e. The van der Waals surface area contributed by atoms with Crippen LogP contribution in [0, 0.1) is 5.82 Å². The SMILES string of the molecule is CCc1c(N)nnn1Cc1cccc(OC)c1F. The number of anilines is 1. The van der Waals surface area contributed by atoms with E-state index in [9.17, 15) is 4.39 Å². The van der Waals surface area contributed by atoms with Crippen molar-refractivity contribution in [2.45, 2.75) is 19.9 Å². The number of nitrogens with two attached hydrogens (primary N) is 1. The summed E-state index contributed by atoms with van der Waals surface area (Å²) >= 11 is 0. The molecule has 0 amide bonds. The number of ether oxygens (including phenoxy) is 1. The van der Waals surface area contributed by atoms with Gasteiger partial charge in [-0.2, -0.15) is 0 Å². The topological polar surface area (TPSA) is 66.0 Å². The molecule has 2 aromatic rings. The number of rotatable bonds is 4. The van der Waals surface area contributed by atoms with E-state index < -0.39 is 0 Å². The Balaban J connectivity index is 2.34. The summed E-state index contributed by atoms with van der Waals surface area (Å²) in [6.45, 7) is 2.24. The van der Waals surface area contributed by atoms with E-state index in [0.717, 1.165) is 5.69 Å². The summed E-state index contributed by atoms with van der Waals surface area (Å²) in [5.41, 5.74) is 6.98. The minimum absolute atomic E-state index is 0.221. The Hall–Kier alpha value is -2.11. The molecule has 0 aliphatic heterocycles. The predicted molar refractivity (Wildman–Crippen MR) is 65.9 cm³/mol. The molecular formula is C12H15FN4O. The number of benzene rings is 1. The Morgan fingerprint density at radius 2 is 2.22 bits per heavy atom. The van der Waals surface area contributed by atoms with Gasteiger partial charge in [-0.3, -0.25) is 0 Å². The summed E-state index contributed by atoms with van der Waals surface area (Å²) < 4.78 is 20.5. The fraction of sp³-hybridized carbons (Fsp3) is 0.333. The molecular weight excluding hydrogens is 235 g/mol. The van der Waals surface area contributed by atoms with Crippen molar-refractivity contribution in [3.05, 3.63) is 35.3 Å². The van der Waals surface area contributed by atoms with Crippen molar-refractivity contribution >= 4 is 5.82 Å². The number of aromatic nitrogens is 3. The molecule has 0 bridgehead atoms. The largest absolute Gasteiger partial charge is 0.494 e. The average molecular weight is 250 g/mol. The fourth-order valence-corrected chi connectivity index (χ4v) is 1.83. The van der Waals surface area contributed by atoms with Crippen LogP contribution in [-0.4, -0.2) is 22.1 Å². The zero-order chi connectivity index (χ0) is 13.1. The van der Waals surface area contributed by atoms with Crippen LogP contribution in [0.4, 0.5) is 10.2 Å². The number of nitrogens with zero attached hydrogens (tertiary/aromatic N) is 3. The maximum atomic E-state index is 14.0. The lowest BCUT2D eigenvalue weighted by Gasteiger charge is -2.08. The number of hydrogen-bond donors (Lipinski definition) is 1. The third-order valence-electron chi connectivity index (χ3n) is 2.79. The molecule has 18 heavy (non-hydrogen) atoms. The van der Waals surface area contributed by atoms with Crippen molar-refractivity contribution in [3.8, 4) is 5.75 Å². The predicted octanol–water partition coefficient (Wildman–Crippen LogP) is 1.62. The number of methoxy groups -OCH3 is 1. The van der Waals surface area contributed by atoms with Crippen LogP contribution in [0.1, 0.15) is 18.2 Å². The number of hydrogen-bond acceptors (Lipinski definition) is 4. The average Bonchev–Trinajstić information content (AvgIpc) is 2.72.